The Hall–Kier alpha value is -1.74. The van der Waals surface area contributed by atoms with Gasteiger partial charge in [0, 0.05) is 12.4 Å². The lowest BCUT2D eigenvalue weighted by atomic mass is 10.1. The molecule has 2 rings (SSSR count). The molecule has 0 bridgehead atoms. The van der Waals surface area contributed by atoms with Gasteiger partial charge in [0.15, 0.2) is 0 Å². The second kappa shape index (κ2) is 6.26. The van der Waals surface area contributed by atoms with Gasteiger partial charge in [0.1, 0.15) is 6.10 Å². The van der Waals surface area contributed by atoms with Crippen LogP contribution in [0.1, 0.15) is 31.3 Å². The first-order valence-corrected chi connectivity index (χ1v) is 6.21. The van der Waals surface area contributed by atoms with Crippen LogP contribution in [0, 0.1) is 5.92 Å². The average molecular weight is 242 g/mol. The van der Waals surface area contributed by atoms with Gasteiger partial charge in [0.2, 0.25) is 0 Å². The highest BCUT2D eigenvalue weighted by atomic mass is 16.5. The molecule has 2 aromatic rings. The zero-order valence-electron chi connectivity index (χ0n) is 10.8. The Morgan fingerprint density at radius 1 is 0.944 bits per heavy atom. The van der Waals surface area contributed by atoms with Crippen molar-refractivity contribution in [2.24, 2.45) is 5.92 Å². The van der Waals surface area contributed by atoms with E-state index < -0.39 is 0 Å². The van der Waals surface area contributed by atoms with Crippen LogP contribution in [-0.4, -0.2) is 16.6 Å². The molecular weight excluding hydrogens is 224 g/mol. The molecule has 0 N–H and O–H groups in total. The minimum atomic E-state index is -0.185. The molecule has 2 aromatic heterocycles. The van der Waals surface area contributed by atoms with E-state index in [9.17, 15) is 0 Å². The van der Waals surface area contributed by atoms with E-state index in [4.69, 9.17) is 4.74 Å². The molecule has 18 heavy (non-hydrogen) atoms. The molecule has 0 unspecified atom stereocenters. The molecule has 0 aliphatic heterocycles. The van der Waals surface area contributed by atoms with E-state index in [1.165, 1.54) is 0 Å². The number of nitrogens with zero attached hydrogens (tertiary/aromatic N) is 2. The Bertz CT molecular complexity index is 417. The normalized spacial score (nSPS) is 11.1. The largest absolute Gasteiger partial charge is 0.365 e. The second-order valence-corrected chi connectivity index (χ2v) is 4.62. The molecule has 0 radical (unpaired) electrons. The Balaban J connectivity index is 2.24. The standard InChI is InChI=1S/C15H18N2O/c1-12(2)11-18-15(13-7-3-5-9-16-13)14-8-4-6-10-17-14/h3-10,12,15H,11H2,1-2H3. The summed E-state index contributed by atoms with van der Waals surface area (Å²) >= 11 is 0. The number of rotatable bonds is 5. The van der Waals surface area contributed by atoms with Crippen LogP contribution in [0.15, 0.2) is 48.8 Å². The van der Waals surface area contributed by atoms with Crippen molar-refractivity contribution in [1.82, 2.24) is 9.97 Å². The summed E-state index contributed by atoms with van der Waals surface area (Å²) in [6.45, 7) is 4.96. The van der Waals surface area contributed by atoms with Crippen LogP contribution in [0.3, 0.4) is 0 Å². The van der Waals surface area contributed by atoms with E-state index >= 15 is 0 Å². The highest BCUT2D eigenvalue weighted by Crippen LogP contribution is 2.22. The first-order chi connectivity index (χ1) is 8.77. The quantitative estimate of drug-likeness (QED) is 0.807. The predicted octanol–water partition coefficient (Wildman–Crippen LogP) is 3.24. The van der Waals surface area contributed by atoms with Crippen LogP contribution >= 0.6 is 0 Å². The van der Waals surface area contributed by atoms with Crippen LogP contribution < -0.4 is 0 Å². The van der Waals surface area contributed by atoms with E-state index in [1.54, 1.807) is 12.4 Å². The lowest BCUT2D eigenvalue weighted by molar-refractivity contribution is 0.0551. The molecule has 0 amide bonds. The van der Waals surface area contributed by atoms with Gasteiger partial charge in [0.25, 0.3) is 0 Å². The molecule has 0 atom stereocenters. The summed E-state index contributed by atoms with van der Waals surface area (Å²) in [7, 11) is 0. The summed E-state index contributed by atoms with van der Waals surface area (Å²) in [5.74, 6) is 0.486. The average Bonchev–Trinajstić information content (AvgIpc) is 2.41. The number of hydrogen-bond donors (Lipinski definition) is 0. The van der Waals surface area contributed by atoms with Gasteiger partial charge in [-0.25, -0.2) is 0 Å². The maximum absolute atomic E-state index is 5.95. The summed E-state index contributed by atoms with van der Waals surface area (Å²) in [5, 5.41) is 0. The molecule has 0 fully saturated rings. The van der Waals surface area contributed by atoms with Crippen molar-refractivity contribution in [2.45, 2.75) is 20.0 Å². The lowest BCUT2D eigenvalue weighted by Crippen LogP contribution is -2.13. The highest BCUT2D eigenvalue weighted by Gasteiger charge is 2.17. The Morgan fingerprint density at radius 3 is 1.89 bits per heavy atom. The lowest BCUT2D eigenvalue weighted by Gasteiger charge is -2.18. The topological polar surface area (TPSA) is 35.0 Å². The first kappa shape index (κ1) is 12.7. The Morgan fingerprint density at radius 2 is 1.50 bits per heavy atom. The van der Waals surface area contributed by atoms with Crippen LogP contribution in [0.5, 0.6) is 0 Å². The van der Waals surface area contributed by atoms with E-state index in [0.717, 1.165) is 11.4 Å². The molecule has 0 aliphatic carbocycles. The van der Waals surface area contributed by atoms with Gasteiger partial charge in [-0.15, -0.1) is 0 Å². The van der Waals surface area contributed by atoms with Crippen molar-refractivity contribution >= 4 is 0 Å². The summed E-state index contributed by atoms with van der Waals surface area (Å²) in [6, 6.07) is 11.7. The van der Waals surface area contributed by atoms with Crippen molar-refractivity contribution < 1.29 is 4.74 Å². The molecule has 3 nitrogen and oxygen atoms in total. The second-order valence-electron chi connectivity index (χ2n) is 4.62. The fraction of sp³-hybridized carbons (Fsp3) is 0.333. The maximum Gasteiger partial charge on any atom is 0.141 e. The molecule has 3 heteroatoms. The summed E-state index contributed by atoms with van der Waals surface area (Å²) in [4.78, 5) is 8.74. The van der Waals surface area contributed by atoms with Gasteiger partial charge < -0.3 is 4.74 Å². The van der Waals surface area contributed by atoms with Crippen LogP contribution in [0.2, 0.25) is 0 Å². The molecular formula is C15H18N2O. The van der Waals surface area contributed by atoms with Gasteiger partial charge in [-0.1, -0.05) is 26.0 Å². The fourth-order valence-electron chi connectivity index (χ4n) is 1.67. The summed E-state index contributed by atoms with van der Waals surface area (Å²) in [5.41, 5.74) is 1.80. The van der Waals surface area contributed by atoms with Gasteiger partial charge in [-0.3, -0.25) is 9.97 Å². The molecule has 0 saturated carbocycles. The number of hydrogen-bond acceptors (Lipinski definition) is 3. The van der Waals surface area contributed by atoms with E-state index in [2.05, 4.69) is 23.8 Å². The van der Waals surface area contributed by atoms with Crippen molar-refractivity contribution in [1.29, 1.82) is 0 Å². The van der Waals surface area contributed by atoms with Crippen LogP contribution in [-0.2, 0) is 4.74 Å². The molecule has 0 aromatic carbocycles. The summed E-state index contributed by atoms with van der Waals surface area (Å²) in [6.07, 6.45) is 3.38. The Labute approximate surface area is 108 Å². The van der Waals surface area contributed by atoms with Gasteiger partial charge in [0.05, 0.1) is 18.0 Å². The molecule has 0 aliphatic rings. The molecule has 94 valence electrons. The third kappa shape index (κ3) is 3.37. The molecule has 0 spiro atoms. The summed E-state index contributed by atoms with van der Waals surface area (Å²) < 4.78 is 5.95. The van der Waals surface area contributed by atoms with Gasteiger partial charge >= 0.3 is 0 Å². The Kier molecular flexibility index (Phi) is 4.42. The molecule has 2 heterocycles. The van der Waals surface area contributed by atoms with Crippen molar-refractivity contribution in [2.75, 3.05) is 6.61 Å². The van der Waals surface area contributed by atoms with Crippen molar-refractivity contribution in [3.63, 3.8) is 0 Å². The minimum Gasteiger partial charge on any atom is -0.365 e. The number of aromatic nitrogens is 2. The van der Waals surface area contributed by atoms with Crippen molar-refractivity contribution in [3.8, 4) is 0 Å². The third-order valence-corrected chi connectivity index (χ3v) is 2.51. The van der Waals surface area contributed by atoms with Gasteiger partial charge in [-0.05, 0) is 30.2 Å². The smallest absolute Gasteiger partial charge is 0.141 e. The first-order valence-electron chi connectivity index (χ1n) is 6.21. The SMILES string of the molecule is CC(C)COC(c1ccccn1)c1ccccn1. The van der Waals surface area contributed by atoms with Gasteiger partial charge in [-0.2, -0.15) is 0 Å². The number of pyridine rings is 2. The van der Waals surface area contributed by atoms with Crippen molar-refractivity contribution in [3.05, 3.63) is 60.2 Å². The van der Waals surface area contributed by atoms with Crippen LogP contribution in [0.25, 0.3) is 0 Å². The van der Waals surface area contributed by atoms with E-state index in [1.807, 2.05) is 36.4 Å². The third-order valence-electron chi connectivity index (χ3n) is 2.51. The fourth-order valence-corrected chi connectivity index (χ4v) is 1.67. The maximum atomic E-state index is 5.95. The van der Waals surface area contributed by atoms with Crippen LogP contribution in [0.4, 0.5) is 0 Å². The molecule has 0 saturated heterocycles. The van der Waals surface area contributed by atoms with E-state index in [-0.39, 0.29) is 6.10 Å². The predicted molar refractivity (Wildman–Crippen MR) is 71.1 cm³/mol. The van der Waals surface area contributed by atoms with E-state index in [0.29, 0.717) is 12.5 Å². The number of ether oxygens (including phenoxy) is 1. The zero-order chi connectivity index (χ0) is 12.8. The minimum absolute atomic E-state index is 0.185. The highest BCUT2D eigenvalue weighted by molar-refractivity contribution is 5.19. The monoisotopic (exact) mass is 242 g/mol. The zero-order valence-corrected chi connectivity index (χ0v) is 10.8.